The van der Waals surface area contributed by atoms with E-state index in [1.165, 1.54) is 12.5 Å². The van der Waals surface area contributed by atoms with Gasteiger partial charge in [-0.3, -0.25) is 4.79 Å². The highest BCUT2D eigenvalue weighted by atomic mass is 16.3. The van der Waals surface area contributed by atoms with E-state index in [-0.39, 0.29) is 17.6 Å². The van der Waals surface area contributed by atoms with Crippen LogP contribution in [-0.4, -0.2) is 11.0 Å². The zero-order valence-corrected chi connectivity index (χ0v) is 9.78. The summed E-state index contributed by atoms with van der Waals surface area (Å²) >= 11 is 0. The number of phenols is 1. The third-order valence-corrected chi connectivity index (χ3v) is 3.27. The number of carbonyl (C=O) groups is 1. The molecule has 0 saturated heterocycles. The lowest BCUT2D eigenvalue weighted by molar-refractivity contribution is -0.120. The number of hydrogen-bond acceptors (Lipinski definition) is 3. The van der Waals surface area contributed by atoms with E-state index < -0.39 is 0 Å². The van der Waals surface area contributed by atoms with Crippen molar-refractivity contribution in [3.63, 3.8) is 0 Å². The van der Waals surface area contributed by atoms with Gasteiger partial charge in [0, 0.05) is 17.7 Å². The van der Waals surface area contributed by atoms with Gasteiger partial charge in [-0.05, 0) is 25.0 Å². The van der Waals surface area contributed by atoms with E-state index in [1.807, 2.05) is 0 Å². The monoisotopic (exact) mass is 234 g/mol. The van der Waals surface area contributed by atoms with E-state index in [1.54, 1.807) is 12.1 Å². The zero-order chi connectivity index (χ0) is 12.3. The lowest BCUT2D eigenvalue weighted by atomic mass is 9.88. The molecule has 1 fully saturated rings. The third-order valence-electron chi connectivity index (χ3n) is 3.27. The quantitative estimate of drug-likeness (QED) is 0.543. The van der Waals surface area contributed by atoms with Crippen molar-refractivity contribution in [2.45, 2.75) is 32.1 Å². The number of rotatable bonds is 2. The van der Waals surface area contributed by atoms with Crippen LogP contribution in [-0.2, 0) is 4.79 Å². The van der Waals surface area contributed by atoms with Crippen LogP contribution in [0.25, 0.3) is 0 Å². The number of hydrogen-bond donors (Lipinski definition) is 3. The molecule has 0 spiro atoms. The Hall–Kier alpha value is -1.71. The minimum atomic E-state index is 0.00597. The van der Waals surface area contributed by atoms with Gasteiger partial charge in [-0.1, -0.05) is 19.3 Å². The summed E-state index contributed by atoms with van der Waals surface area (Å²) in [5.41, 5.74) is 6.42. The molecule has 1 aromatic rings. The summed E-state index contributed by atoms with van der Waals surface area (Å²) in [6, 6.07) is 4.78. The van der Waals surface area contributed by atoms with Crippen LogP contribution in [0.4, 0.5) is 11.4 Å². The number of aromatic hydroxyl groups is 1. The molecule has 17 heavy (non-hydrogen) atoms. The van der Waals surface area contributed by atoms with E-state index in [0.29, 0.717) is 11.4 Å². The fourth-order valence-corrected chi connectivity index (χ4v) is 2.23. The molecule has 1 aliphatic carbocycles. The first-order valence-electron chi connectivity index (χ1n) is 6.06. The summed E-state index contributed by atoms with van der Waals surface area (Å²) in [5, 5.41) is 12.3. The predicted octanol–water partition coefficient (Wildman–Crippen LogP) is 2.49. The molecule has 2 rings (SSSR count). The average Bonchev–Trinajstić information content (AvgIpc) is 2.35. The molecule has 0 unspecified atom stereocenters. The highest BCUT2D eigenvalue weighted by Crippen LogP contribution is 2.27. The molecular formula is C13H18N2O2. The lowest BCUT2D eigenvalue weighted by Crippen LogP contribution is -2.24. The van der Waals surface area contributed by atoms with Gasteiger partial charge in [0.1, 0.15) is 5.75 Å². The van der Waals surface area contributed by atoms with Crippen LogP contribution < -0.4 is 11.1 Å². The fraction of sp³-hybridized carbons (Fsp3) is 0.462. The molecule has 4 N–H and O–H groups in total. The molecular weight excluding hydrogens is 216 g/mol. The Balaban J connectivity index is 1.99. The van der Waals surface area contributed by atoms with E-state index in [4.69, 9.17) is 5.73 Å². The molecule has 1 aliphatic rings. The maximum Gasteiger partial charge on any atom is 0.227 e. The maximum absolute atomic E-state index is 11.9. The number of amides is 1. The maximum atomic E-state index is 11.9. The lowest BCUT2D eigenvalue weighted by Gasteiger charge is -2.20. The Kier molecular flexibility index (Phi) is 3.52. The summed E-state index contributed by atoms with van der Waals surface area (Å²) < 4.78 is 0. The third kappa shape index (κ3) is 2.90. The number of phenolic OH excluding ortho intramolecular Hbond substituents is 1. The van der Waals surface area contributed by atoms with Gasteiger partial charge in [0.05, 0.1) is 5.69 Å². The minimum absolute atomic E-state index is 0.00597. The molecule has 92 valence electrons. The number of nitrogens with two attached hydrogens (primary N) is 1. The zero-order valence-electron chi connectivity index (χ0n) is 9.78. The first kappa shape index (κ1) is 11.8. The number of anilines is 2. The van der Waals surface area contributed by atoms with Crippen molar-refractivity contribution in [2.24, 2.45) is 5.92 Å². The predicted molar refractivity (Wildman–Crippen MR) is 67.7 cm³/mol. The molecule has 0 aliphatic heterocycles. The van der Waals surface area contributed by atoms with Gasteiger partial charge >= 0.3 is 0 Å². The Morgan fingerprint density at radius 3 is 2.65 bits per heavy atom. The van der Waals surface area contributed by atoms with Crippen LogP contribution in [0.5, 0.6) is 5.75 Å². The minimum Gasteiger partial charge on any atom is -0.506 e. The van der Waals surface area contributed by atoms with Gasteiger partial charge in [0.2, 0.25) is 5.91 Å². The summed E-state index contributed by atoms with van der Waals surface area (Å²) in [5.74, 6) is 0.170. The van der Waals surface area contributed by atoms with Crippen molar-refractivity contribution in [1.29, 1.82) is 0 Å². The molecule has 0 heterocycles. The van der Waals surface area contributed by atoms with Gasteiger partial charge in [-0.15, -0.1) is 0 Å². The van der Waals surface area contributed by atoms with Crippen LogP contribution in [0.1, 0.15) is 32.1 Å². The van der Waals surface area contributed by atoms with Crippen molar-refractivity contribution in [2.75, 3.05) is 11.1 Å². The molecule has 0 bridgehead atoms. The Morgan fingerprint density at radius 2 is 2.00 bits per heavy atom. The summed E-state index contributed by atoms with van der Waals surface area (Å²) in [7, 11) is 0. The van der Waals surface area contributed by atoms with Gasteiger partial charge in [-0.2, -0.15) is 0 Å². The molecule has 1 saturated carbocycles. The van der Waals surface area contributed by atoms with Gasteiger partial charge in [0.25, 0.3) is 0 Å². The summed E-state index contributed by atoms with van der Waals surface area (Å²) in [6.45, 7) is 0. The fourth-order valence-electron chi connectivity index (χ4n) is 2.23. The van der Waals surface area contributed by atoms with Gasteiger partial charge < -0.3 is 16.2 Å². The summed E-state index contributed by atoms with van der Waals surface area (Å²) in [4.78, 5) is 11.9. The second kappa shape index (κ2) is 5.08. The number of carbonyl (C=O) groups excluding carboxylic acids is 1. The molecule has 4 heteroatoms. The van der Waals surface area contributed by atoms with Crippen molar-refractivity contribution in [3.05, 3.63) is 18.2 Å². The molecule has 0 radical (unpaired) electrons. The standard InChI is InChI=1S/C13H18N2O2/c14-11-7-6-10(8-12(11)16)15-13(17)9-4-2-1-3-5-9/h6-9,16H,1-5,14H2,(H,15,17). The first-order chi connectivity index (χ1) is 8.16. The second-order valence-electron chi connectivity index (χ2n) is 4.60. The van der Waals surface area contributed by atoms with Crippen LogP contribution in [0.2, 0.25) is 0 Å². The molecule has 1 amide bonds. The van der Waals surface area contributed by atoms with E-state index >= 15 is 0 Å². The van der Waals surface area contributed by atoms with Crippen LogP contribution >= 0.6 is 0 Å². The number of nitrogens with one attached hydrogen (secondary N) is 1. The number of nitrogen functional groups attached to an aromatic ring is 1. The van der Waals surface area contributed by atoms with E-state index in [0.717, 1.165) is 25.7 Å². The van der Waals surface area contributed by atoms with Crippen molar-refractivity contribution >= 4 is 17.3 Å². The molecule has 0 aromatic heterocycles. The molecule has 1 aromatic carbocycles. The van der Waals surface area contributed by atoms with Crippen molar-refractivity contribution in [1.82, 2.24) is 0 Å². The van der Waals surface area contributed by atoms with Gasteiger partial charge in [0.15, 0.2) is 0 Å². The van der Waals surface area contributed by atoms with Gasteiger partial charge in [-0.25, -0.2) is 0 Å². The molecule has 4 nitrogen and oxygen atoms in total. The van der Waals surface area contributed by atoms with Crippen LogP contribution in [0.3, 0.4) is 0 Å². The normalized spacial score (nSPS) is 16.7. The highest BCUT2D eigenvalue weighted by Gasteiger charge is 2.21. The molecule has 0 atom stereocenters. The van der Waals surface area contributed by atoms with Crippen molar-refractivity contribution < 1.29 is 9.90 Å². The average molecular weight is 234 g/mol. The Labute approximate surface area is 101 Å². The summed E-state index contributed by atoms with van der Waals surface area (Å²) in [6.07, 6.45) is 5.42. The topological polar surface area (TPSA) is 75.3 Å². The van der Waals surface area contributed by atoms with Crippen LogP contribution in [0, 0.1) is 5.92 Å². The highest BCUT2D eigenvalue weighted by molar-refractivity contribution is 5.93. The SMILES string of the molecule is Nc1ccc(NC(=O)C2CCCCC2)cc1O. The Morgan fingerprint density at radius 1 is 1.29 bits per heavy atom. The van der Waals surface area contributed by atoms with E-state index in [2.05, 4.69) is 5.32 Å². The smallest absolute Gasteiger partial charge is 0.227 e. The first-order valence-corrected chi connectivity index (χ1v) is 6.06. The van der Waals surface area contributed by atoms with Crippen LogP contribution in [0.15, 0.2) is 18.2 Å². The van der Waals surface area contributed by atoms with Crippen molar-refractivity contribution in [3.8, 4) is 5.75 Å². The second-order valence-corrected chi connectivity index (χ2v) is 4.60. The largest absolute Gasteiger partial charge is 0.506 e. The Bertz CT molecular complexity index is 412. The number of benzene rings is 1. The van der Waals surface area contributed by atoms with E-state index in [9.17, 15) is 9.90 Å².